The van der Waals surface area contributed by atoms with Crippen molar-refractivity contribution in [3.8, 4) is 11.1 Å². The highest BCUT2D eigenvalue weighted by Gasteiger charge is 2.21. The highest BCUT2D eigenvalue weighted by molar-refractivity contribution is 6.06. The number of benzene rings is 1. The maximum Gasteiger partial charge on any atom is 0.253 e. The Labute approximate surface area is 231 Å². The van der Waals surface area contributed by atoms with E-state index < -0.39 is 0 Å². The summed E-state index contributed by atoms with van der Waals surface area (Å²) >= 11 is 0. The molecule has 1 aliphatic heterocycles. The number of carbonyl (C=O) groups is 1. The number of hydrogen-bond donors (Lipinski definition) is 4. The van der Waals surface area contributed by atoms with Gasteiger partial charge in [-0.15, -0.1) is 0 Å². The average Bonchev–Trinajstić information content (AvgIpc) is 3.45. The van der Waals surface area contributed by atoms with E-state index in [0.29, 0.717) is 35.9 Å². The minimum Gasteiger partial charge on any atom is -0.382 e. The number of rotatable bonds is 8. The van der Waals surface area contributed by atoms with E-state index in [4.69, 9.17) is 15.1 Å². The van der Waals surface area contributed by atoms with E-state index >= 15 is 0 Å². The topological polar surface area (TPSA) is 123 Å². The number of nitrogens with one attached hydrogen (secondary N) is 4. The van der Waals surface area contributed by atoms with Crippen LogP contribution in [0.5, 0.6) is 0 Å². The molecule has 0 unspecified atom stereocenters. The predicted molar refractivity (Wildman–Crippen MR) is 158 cm³/mol. The monoisotopic (exact) mass is 532 g/mol. The van der Waals surface area contributed by atoms with Gasteiger partial charge < -0.3 is 30.7 Å². The number of aromatic nitrogens is 2. The van der Waals surface area contributed by atoms with Crippen LogP contribution < -0.4 is 21.1 Å². The highest BCUT2D eigenvalue weighted by Crippen LogP contribution is 2.32. The molecule has 2 aliphatic rings. The molecule has 1 saturated carbocycles. The zero-order chi connectivity index (χ0) is 27.4. The molecule has 2 fully saturated rings. The fourth-order valence-electron chi connectivity index (χ4n) is 5.47. The van der Waals surface area contributed by atoms with Crippen molar-refractivity contribution in [1.29, 1.82) is 5.41 Å². The van der Waals surface area contributed by atoms with Crippen molar-refractivity contribution in [2.45, 2.75) is 52.1 Å². The first-order valence-electron chi connectivity index (χ1n) is 13.6. The van der Waals surface area contributed by atoms with Gasteiger partial charge in [0.15, 0.2) is 0 Å². The number of aromatic amines is 1. The Balaban J connectivity index is 0.00000231. The summed E-state index contributed by atoms with van der Waals surface area (Å²) in [5, 5.41) is 14.7. The van der Waals surface area contributed by atoms with E-state index in [1.165, 1.54) is 19.1 Å². The van der Waals surface area contributed by atoms with E-state index in [0.717, 1.165) is 59.8 Å². The van der Waals surface area contributed by atoms with Crippen molar-refractivity contribution in [2.75, 3.05) is 36.5 Å². The van der Waals surface area contributed by atoms with Gasteiger partial charge in [-0.05, 0) is 68.1 Å². The van der Waals surface area contributed by atoms with Gasteiger partial charge in [0.05, 0.1) is 18.8 Å². The van der Waals surface area contributed by atoms with Crippen LogP contribution in [0.15, 0.2) is 41.3 Å². The molecule has 5 rings (SSSR count). The zero-order valence-electron chi connectivity index (χ0n) is 22.6. The molecule has 1 saturated heterocycles. The summed E-state index contributed by atoms with van der Waals surface area (Å²) in [5.74, 6) is 0.571. The molecule has 0 spiro atoms. The van der Waals surface area contributed by atoms with Gasteiger partial charge in [-0.3, -0.25) is 9.59 Å². The summed E-state index contributed by atoms with van der Waals surface area (Å²) in [5.41, 5.74) is 5.35. The first-order valence-corrected chi connectivity index (χ1v) is 13.6. The van der Waals surface area contributed by atoms with Crippen molar-refractivity contribution in [3.05, 3.63) is 74.8 Å². The number of hydrogen-bond acceptors (Lipinski definition) is 7. The van der Waals surface area contributed by atoms with Crippen LogP contribution in [-0.2, 0) is 11.3 Å². The second-order valence-electron chi connectivity index (χ2n) is 10.4. The van der Waals surface area contributed by atoms with Crippen LogP contribution in [0.3, 0.4) is 0 Å². The number of aryl methyl sites for hydroxylation is 2. The van der Waals surface area contributed by atoms with Crippen LogP contribution in [0, 0.1) is 19.3 Å². The zero-order valence-corrected chi connectivity index (χ0v) is 22.6. The standard InChI is InChI=1S/C30H36N6O3.2H2/c1-19-13-20(2)34-30(38)26(19)18-33-29(37)24-14-22(15-27(25(24)16-31)35-23-5-3-4-6-23)21-7-8-28(32-17-21)36-9-11-39-12-10-36;;/h7-8,13-17,23,31,35H,3-6,9-12,18H2,1-2H3,(H,33,37)(H,34,38);2*1H. The lowest BCUT2D eigenvalue weighted by molar-refractivity contribution is 0.0950. The molecule has 1 aromatic carbocycles. The van der Waals surface area contributed by atoms with E-state index in [-0.39, 0.29) is 20.9 Å². The summed E-state index contributed by atoms with van der Waals surface area (Å²) in [6.45, 7) is 6.80. The quantitative estimate of drug-likeness (QED) is 0.313. The van der Waals surface area contributed by atoms with Crippen LogP contribution in [0.25, 0.3) is 11.1 Å². The van der Waals surface area contributed by atoms with Crippen molar-refractivity contribution in [2.24, 2.45) is 0 Å². The lowest BCUT2D eigenvalue weighted by atomic mass is 9.97. The van der Waals surface area contributed by atoms with Gasteiger partial charge in [-0.2, -0.15) is 0 Å². The molecule has 0 radical (unpaired) electrons. The van der Waals surface area contributed by atoms with Crippen molar-refractivity contribution < 1.29 is 12.4 Å². The highest BCUT2D eigenvalue weighted by atomic mass is 16.5. The summed E-state index contributed by atoms with van der Waals surface area (Å²) in [4.78, 5) is 35.7. The second kappa shape index (κ2) is 11.8. The number of amides is 1. The van der Waals surface area contributed by atoms with Crippen LogP contribution in [0.1, 0.15) is 61.3 Å². The van der Waals surface area contributed by atoms with Gasteiger partial charge in [0.1, 0.15) is 5.82 Å². The van der Waals surface area contributed by atoms with Gasteiger partial charge in [-0.1, -0.05) is 12.8 Å². The SMILES string of the molecule is Cc1cc(C)c(CNC(=O)c2cc(-c3ccc(N4CCOCC4)nc3)cc(NC3CCCC3)c2C=N)c(=O)[nH]1.[HH].[HH]. The maximum absolute atomic E-state index is 13.5. The second-order valence-corrected chi connectivity index (χ2v) is 10.4. The Morgan fingerprint density at radius 2 is 1.95 bits per heavy atom. The van der Waals surface area contributed by atoms with E-state index in [2.05, 4.69) is 20.5 Å². The molecule has 1 amide bonds. The van der Waals surface area contributed by atoms with Gasteiger partial charge >= 0.3 is 0 Å². The Morgan fingerprint density at radius 3 is 2.62 bits per heavy atom. The Bertz CT molecular complexity index is 1410. The third kappa shape index (κ3) is 6.04. The minimum absolute atomic E-state index is 0. The summed E-state index contributed by atoms with van der Waals surface area (Å²) in [6.07, 6.45) is 7.53. The van der Waals surface area contributed by atoms with Gasteiger partial charge in [0.2, 0.25) is 0 Å². The predicted octanol–water partition coefficient (Wildman–Crippen LogP) is 4.66. The molecule has 0 bridgehead atoms. The number of anilines is 2. The number of H-pyrrole nitrogens is 1. The summed E-state index contributed by atoms with van der Waals surface area (Å²) in [7, 11) is 0. The molecule has 3 aromatic rings. The Hall–Kier alpha value is -3.98. The number of carbonyl (C=O) groups excluding carboxylic acids is 1. The third-order valence-electron chi connectivity index (χ3n) is 7.62. The molecular weight excluding hydrogens is 492 g/mol. The van der Waals surface area contributed by atoms with Gasteiger partial charge in [0, 0.05) is 69.0 Å². The fourth-order valence-corrected chi connectivity index (χ4v) is 5.47. The molecular formula is C30H40N6O3. The first-order chi connectivity index (χ1) is 18.9. The first kappa shape index (κ1) is 26.6. The molecule has 9 heteroatoms. The lowest BCUT2D eigenvalue weighted by Crippen LogP contribution is -2.36. The summed E-state index contributed by atoms with van der Waals surface area (Å²) in [6, 6.07) is 10.0. The average molecular weight is 533 g/mol. The lowest BCUT2D eigenvalue weighted by Gasteiger charge is -2.27. The normalized spacial score (nSPS) is 15.8. The van der Waals surface area contributed by atoms with Crippen LogP contribution in [-0.4, -0.2) is 54.4 Å². The van der Waals surface area contributed by atoms with Crippen molar-refractivity contribution in [3.63, 3.8) is 0 Å². The van der Waals surface area contributed by atoms with Crippen LogP contribution >= 0.6 is 0 Å². The van der Waals surface area contributed by atoms with E-state index in [9.17, 15) is 9.59 Å². The Morgan fingerprint density at radius 1 is 1.18 bits per heavy atom. The minimum atomic E-state index is -0.331. The number of pyridine rings is 2. The van der Waals surface area contributed by atoms with Crippen LogP contribution in [0.2, 0.25) is 0 Å². The largest absolute Gasteiger partial charge is 0.382 e. The molecule has 9 nitrogen and oxygen atoms in total. The van der Waals surface area contributed by atoms with E-state index in [1.54, 1.807) is 0 Å². The van der Waals surface area contributed by atoms with Gasteiger partial charge in [0.25, 0.3) is 11.5 Å². The van der Waals surface area contributed by atoms with Gasteiger partial charge in [-0.25, -0.2) is 4.98 Å². The third-order valence-corrected chi connectivity index (χ3v) is 7.62. The van der Waals surface area contributed by atoms with Crippen molar-refractivity contribution >= 4 is 23.6 Å². The number of ether oxygens (including phenoxy) is 1. The summed E-state index contributed by atoms with van der Waals surface area (Å²) < 4.78 is 5.45. The molecule has 39 heavy (non-hydrogen) atoms. The number of nitrogens with zero attached hydrogens (tertiary/aromatic N) is 2. The molecule has 1 aliphatic carbocycles. The Kier molecular flexibility index (Phi) is 8.07. The molecule has 3 heterocycles. The molecule has 4 N–H and O–H groups in total. The number of morpholine rings is 1. The maximum atomic E-state index is 13.5. The van der Waals surface area contributed by atoms with E-state index in [1.807, 2.05) is 50.4 Å². The van der Waals surface area contributed by atoms with Crippen LogP contribution in [0.4, 0.5) is 11.5 Å². The molecule has 208 valence electrons. The fraction of sp³-hybridized carbons (Fsp3) is 0.400. The molecule has 0 atom stereocenters. The van der Waals surface area contributed by atoms with Crippen molar-refractivity contribution in [1.82, 2.24) is 15.3 Å². The molecule has 2 aromatic heterocycles. The smallest absolute Gasteiger partial charge is 0.253 e.